The second-order valence-corrected chi connectivity index (χ2v) is 7.71. The average Bonchev–Trinajstić information content (AvgIpc) is 2.67. The highest BCUT2D eigenvalue weighted by atomic mass is 32.1. The maximum absolute atomic E-state index is 6.12. The fourth-order valence-corrected chi connectivity index (χ4v) is 4.00. The lowest BCUT2D eigenvalue weighted by Crippen LogP contribution is -2.57. The summed E-state index contributed by atoms with van der Waals surface area (Å²) in [5.41, 5.74) is 7.31. The van der Waals surface area contributed by atoms with Gasteiger partial charge in [0.05, 0.1) is 21.4 Å². The van der Waals surface area contributed by atoms with Crippen LogP contribution in [0.5, 0.6) is 0 Å². The molecule has 0 atom stereocenters. The van der Waals surface area contributed by atoms with Gasteiger partial charge in [0, 0.05) is 18.8 Å². The largest absolute Gasteiger partial charge is 0.399 e. The molecule has 1 aliphatic rings. The van der Waals surface area contributed by atoms with E-state index in [4.69, 9.17) is 15.5 Å². The lowest BCUT2D eigenvalue weighted by molar-refractivity contribution is -0.133. The zero-order chi connectivity index (χ0) is 14.5. The van der Waals surface area contributed by atoms with E-state index in [2.05, 4.69) is 32.6 Å². The molecule has 4 nitrogen and oxygen atoms in total. The van der Waals surface area contributed by atoms with Crippen molar-refractivity contribution in [2.45, 2.75) is 38.9 Å². The van der Waals surface area contributed by atoms with E-state index in [9.17, 15) is 0 Å². The van der Waals surface area contributed by atoms with Crippen molar-refractivity contribution >= 4 is 32.4 Å². The molecular weight excluding hydrogens is 270 g/mol. The molecule has 20 heavy (non-hydrogen) atoms. The van der Waals surface area contributed by atoms with Gasteiger partial charge in [-0.1, -0.05) is 11.3 Å². The first-order valence-electron chi connectivity index (χ1n) is 6.85. The number of benzene rings is 1. The molecule has 0 spiro atoms. The Hall–Kier alpha value is -1.33. The lowest BCUT2D eigenvalue weighted by Gasteiger charge is -2.47. The van der Waals surface area contributed by atoms with Crippen molar-refractivity contribution in [1.29, 1.82) is 0 Å². The van der Waals surface area contributed by atoms with Gasteiger partial charge in [0.25, 0.3) is 0 Å². The number of aromatic nitrogens is 1. The molecule has 0 saturated carbocycles. The Morgan fingerprint density at radius 2 is 1.85 bits per heavy atom. The zero-order valence-electron chi connectivity index (χ0n) is 12.4. The Morgan fingerprint density at radius 3 is 2.50 bits per heavy atom. The molecule has 1 saturated heterocycles. The highest BCUT2D eigenvalue weighted by Crippen LogP contribution is 2.35. The van der Waals surface area contributed by atoms with E-state index >= 15 is 0 Å². The third-order valence-corrected chi connectivity index (χ3v) is 4.45. The number of morpholine rings is 1. The summed E-state index contributed by atoms with van der Waals surface area (Å²) in [5, 5.41) is 1.05. The minimum absolute atomic E-state index is 0.168. The van der Waals surface area contributed by atoms with Crippen LogP contribution in [0.2, 0.25) is 0 Å². The molecule has 1 fully saturated rings. The normalized spacial score (nSPS) is 21.3. The molecule has 1 aliphatic heterocycles. The summed E-state index contributed by atoms with van der Waals surface area (Å²) in [5.74, 6) is 0. The third-order valence-electron chi connectivity index (χ3n) is 3.37. The van der Waals surface area contributed by atoms with Crippen LogP contribution < -0.4 is 10.6 Å². The smallest absolute Gasteiger partial charge is 0.186 e. The van der Waals surface area contributed by atoms with Crippen LogP contribution in [0.1, 0.15) is 27.7 Å². The van der Waals surface area contributed by atoms with Gasteiger partial charge in [-0.15, -0.1) is 0 Å². The number of fused-ring (bicyclic) bond motifs is 1. The minimum Gasteiger partial charge on any atom is -0.399 e. The summed E-state index contributed by atoms with van der Waals surface area (Å²) in [7, 11) is 0. The molecule has 108 valence electrons. The van der Waals surface area contributed by atoms with Crippen LogP contribution >= 0.6 is 11.3 Å². The summed E-state index contributed by atoms with van der Waals surface area (Å²) >= 11 is 1.70. The molecule has 0 amide bonds. The van der Waals surface area contributed by atoms with Crippen LogP contribution in [0.4, 0.5) is 10.8 Å². The molecule has 2 N–H and O–H groups in total. The highest BCUT2D eigenvalue weighted by molar-refractivity contribution is 7.22. The predicted octanol–water partition coefficient (Wildman–Crippen LogP) is 3.27. The number of ether oxygens (including phenoxy) is 1. The molecule has 1 aromatic carbocycles. The second kappa shape index (κ2) is 4.33. The Labute approximate surface area is 123 Å². The number of nitrogens with two attached hydrogens (primary N) is 1. The fraction of sp³-hybridized carbons (Fsp3) is 0.533. The van der Waals surface area contributed by atoms with E-state index in [1.807, 2.05) is 18.2 Å². The number of rotatable bonds is 1. The maximum Gasteiger partial charge on any atom is 0.186 e. The second-order valence-electron chi connectivity index (χ2n) is 6.70. The van der Waals surface area contributed by atoms with Crippen LogP contribution in [0.15, 0.2) is 18.2 Å². The predicted molar refractivity (Wildman–Crippen MR) is 85.5 cm³/mol. The minimum atomic E-state index is -0.168. The zero-order valence-corrected chi connectivity index (χ0v) is 13.3. The van der Waals surface area contributed by atoms with Crippen LogP contribution in [-0.4, -0.2) is 29.3 Å². The topological polar surface area (TPSA) is 51.4 Å². The summed E-state index contributed by atoms with van der Waals surface area (Å²) < 4.78 is 7.26. The van der Waals surface area contributed by atoms with Gasteiger partial charge in [0.1, 0.15) is 0 Å². The molecule has 0 unspecified atom stereocenters. The van der Waals surface area contributed by atoms with Crippen molar-refractivity contribution in [2.24, 2.45) is 0 Å². The van der Waals surface area contributed by atoms with Gasteiger partial charge < -0.3 is 15.4 Å². The molecule has 5 heteroatoms. The number of anilines is 2. The van der Waals surface area contributed by atoms with Gasteiger partial charge in [0.2, 0.25) is 0 Å². The molecule has 0 radical (unpaired) electrons. The molecule has 3 rings (SSSR count). The average molecular weight is 291 g/mol. The summed E-state index contributed by atoms with van der Waals surface area (Å²) in [6.45, 7) is 10.2. The summed E-state index contributed by atoms with van der Waals surface area (Å²) in [6, 6.07) is 5.88. The van der Waals surface area contributed by atoms with Crippen molar-refractivity contribution in [3.05, 3.63) is 18.2 Å². The number of nitrogen functional groups attached to an aromatic ring is 1. The molecule has 0 aliphatic carbocycles. The van der Waals surface area contributed by atoms with Crippen molar-refractivity contribution in [3.8, 4) is 0 Å². The van der Waals surface area contributed by atoms with Crippen LogP contribution in [0, 0.1) is 0 Å². The number of hydrogen-bond donors (Lipinski definition) is 1. The van der Waals surface area contributed by atoms with Crippen LogP contribution in [-0.2, 0) is 4.74 Å². The van der Waals surface area contributed by atoms with Crippen LogP contribution in [0.3, 0.4) is 0 Å². The first-order valence-corrected chi connectivity index (χ1v) is 7.67. The number of thiazole rings is 1. The van der Waals surface area contributed by atoms with Gasteiger partial charge in [0.15, 0.2) is 5.13 Å². The molecular formula is C15H21N3OS. The fourth-order valence-electron chi connectivity index (χ4n) is 2.99. The Kier molecular flexibility index (Phi) is 2.95. The van der Waals surface area contributed by atoms with E-state index < -0.39 is 0 Å². The third kappa shape index (κ3) is 2.60. The Morgan fingerprint density at radius 1 is 1.20 bits per heavy atom. The van der Waals surface area contributed by atoms with E-state index in [-0.39, 0.29) is 11.2 Å². The van der Waals surface area contributed by atoms with E-state index in [0.29, 0.717) is 0 Å². The van der Waals surface area contributed by atoms with Crippen molar-refractivity contribution in [2.75, 3.05) is 23.7 Å². The van der Waals surface area contributed by atoms with Gasteiger partial charge in [-0.05, 0) is 45.9 Å². The molecule has 0 bridgehead atoms. The Bertz CT molecular complexity index is 632. The monoisotopic (exact) mass is 291 g/mol. The molecule has 2 aromatic rings. The Balaban J connectivity index is 1.97. The number of nitrogens with zero attached hydrogens (tertiary/aromatic N) is 2. The number of hydrogen-bond acceptors (Lipinski definition) is 5. The van der Waals surface area contributed by atoms with E-state index in [1.165, 1.54) is 0 Å². The van der Waals surface area contributed by atoms with Gasteiger partial charge in [-0.25, -0.2) is 4.98 Å². The van der Waals surface area contributed by atoms with Gasteiger partial charge in [-0.3, -0.25) is 0 Å². The van der Waals surface area contributed by atoms with Crippen molar-refractivity contribution in [1.82, 2.24) is 4.98 Å². The molecule has 1 aromatic heterocycles. The van der Waals surface area contributed by atoms with E-state index in [0.717, 1.165) is 34.1 Å². The summed E-state index contributed by atoms with van der Waals surface area (Å²) in [4.78, 5) is 7.07. The SMILES string of the molecule is CC1(C)CN(c2nc3ccc(N)cc3s2)CC(C)(C)O1. The lowest BCUT2D eigenvalue weighted by atomic mass is 9.99. The summed E-state index contributed by atoms with van der Waals surface area (Å²) in [6.07, 6.45) is 0. The van der Waals surface area contributed by atoms with Crippen molar-refractivity contribution < 1.29 is 4.74 Å². The first kappa shape index (κ1) is 13.6. The maximum atomic E-state index is 6.12. The van der Waals surface area contributed by atoms with Crippen molar-refractivity contribution in [3.63, 3.8) is 0 Å². The van der Waals surface area contributed by atoms with Crippen LogP contribution in [0.25, 0.3) is 10.2 Å². The van der Waals surface area contributed by atoms with Gasteiger partial charge >= 0.3 is 0 Å². The first-order chi connectivity index (χ1) is 9.24. The standard InChI is InChI=1S/C15H21N3OS/c1-14(2)8-18(9-15(3,4)19-14)13-17-11-6-5-10(16)7-12(11)20-13/h5-7H,8-9,16H2,1-4H3. The van der Waals surface area contributed by atoms with E-state index in [1.54, 1.807) is 11.3 Å². The highest BCUT2D eigenvalue weighted by Gasteiger charge is 2.39. The quantitative estimate of drug-likeness (QED) is 0.819. The molecule has 2 heterocycles. The van der Waals surface area contributed by atoms with Gasteiger partial charge in [-0.2, -0.15) is 0 Å².